The Bertz CT molecular complexity index is 553. The summed E-state index contributed by atoms with van der Waals surface area (Å²) in [4.78, 5) is 25.0. The van der Waals surface area contributed by atoms with Crippen LogP contribution < -0.4 is 5.32 Å². The summed E-state index contributed by atoms with van der Waals surface area (Å²) in [6.45, 7) is 3.99. The average molecular weight is 279 g/mol. The molecule has 1 unspecified atom stereocenters. The van der Waals surface area contributed by atoms with Crippen molar-refractivity contribution in [1.29, 1.82) is 0 Å². The van der Waals surface area contributed by atoms with E-state index in [4.69, 9.17) is 0 Å². The second-order valence-electron chi connectivity index (χ2n) is 5.74. The number of carboxylic acid groups (broad SMARTS) is 1. The maximum Gasteiger partial charge on any atom is 0.311 e. The van der Waals surface area contributed by atoms with Gasteiger partial charge in [0.15, 0.2) is 5.69 Å². The lowest BCUT2D eigenvalue weighted by molar-refractivity contribution is -0.147. The number of carboxylic acids is 1. The Morgan fingerprint density at radius 3 is 2.80 bits per heavy atom. The second-order valence-corrected chi connectivity index (χ2v) is 5.74. The molecule has 0 radical (unpaired) electrons. The van der Waals surface area contributed by atoms with Gasteiger partial charge in [-0.15, -0.1) is 5.10 Å². The molecule has 108 valence electrons. The van der Waals surface area contributed by atoms with E-state index in [1.807, 2.05) is 0 Å². The van der Waals surface area contributed by atoms with Gasteiger partial charge in [0.2, 0.25) is 0 Å². The standard InChI is InChI=1S/C12H17N5O3/c1-12(11(19)20)2-3-16(7-12)10(18)9-6-17(15-14-9)8-4-13-5-8/h6,8,13H,2-5,7H2,1H3,(H,19,20). The highest BCUT2D eigenvalue weighted by Gasteiger charge is 2.42. The molecular weight excluding hydrogens is 262 g/mol. The molecule has 2 saturated heterocycles. The van der Waals surface area contributed by atoms with Crippen molar-refractivity contribution in [3.63, 3.8) is 0 Å². The largest absolute Gasteiger partial charge is 0.481 e. The van der Waals surface area contributed by atoms with Gasteiger partial charge in [0.25, 0.3) is 5.91 Å². The molecule has 2 aliphatic rings. The summed E-state index contributed by atoms with van der Waals surface area (Å²) in [5, 5.41) is 20.2. The zero-order chi connectivity index (χ0) is 14.3. The number of rotatable bonds is 3. The van der Waals surface area contributed by atoms with Crippen LogP contribution in [0.4, 0.5) is 0 Å². The highest BCUT2D eigenvalue weighted by atomic mass is 16.4. The van der Waals surface area contributed by atoms with Crippen LogP contribution >= 0.6 is 0 Å². The van der Waals surface area contributed by atoms with Crippen molar-refractivity contribution >= 4 is 11.9 Å². The number of nitrogens with one attached hydrogen (secondary N) is 1. The van der Waals surface area contributed by atoms with Gasteiger partial charge in [-0.25, -0.2) is 4.68 Å². The Morgan fingerprint density at radius 2 is 2.25 bits per heavy atom. The Hall–Kier alpha value is -1.96. The van der Waals surface area contributed by atoms with Crippen LogP contribution in [-0.2, 0) is 4.79 Å². The Kier molecular flexibility index (Phi) is 2.97. The van der Waals surface area contributed by atoms with E-state index < -0.39 is 11.4 Å². The first-order valence-corrected chi connectivity index (χ1v) is 6.65. The molecule has 2 N–H and O–H groups in total. The van der Waals surface area contributed by atoms with Crippen LogP contribution in [-0.4, -0.2) is 63.1 Å². The van der Waals surface area contributed by atoms with Gasteiger partial charge in [-0.2, -0.15) is 0 Å². The minimum Gasteiger partial charge on any atom is -0.481 e. The highest BCUT2D eigenvalue weighted by Crippen LogP contribution is 2.30. The fourth-order valence-corrected chi connectivity index (χ4v) is 2.48. The molecule has 20 heavy (non-hydrogen) atoms. The van der Waals surface area contributed by atoms with Crippen molar-refractivity contribution in [3.05, 3.63) is 11.9 Å². The van der Waals surface area contributed by atoms with Crippen molar-refractivity contribution in [1.82, 2.24) is 25.2 Å². The van der Waals surface area contributed by atoms with Gasteiger partial charge in [-0.05, 0) is 13.3 Å². The van der Waals surface area contributed by atoms with Crippen molar-refractivity contribution in [2.24, 2.45) is 5.41 Å². The smallest absolute Gasteiger partial charge is 0.311 e. The maximum absolute atomic E-state index is 12.3. The van der Waals surface area contributed by atoms with E-state index >= 15 is 0 Å². The van der Waals surface area contributed by atoms with E-state index in [1.165, 1.54) is 0 Å². The number of aromatic nitrogens is 3. The van der Waals surface area contributed by atoms with Crippen LogP contribution in [0.25, 0.3) is 0 Å². The number of hydrogen-bond acceptors (Lipinski definition) is 5. The summed E-state index contributed by atoms with van der Waals surface area (Å²) in [5.41, 5.74) is -0.574. The van der Waals surface area contributed by atoms with Crippen molar-refractivity contribution in [3.8, 4) is 0 Å². The van der Waals surface area contributed by atoms with E-state index in [0.717, 1.165) is 13.1 Å². The van der Waals surface area contributed by atoms with Gasteiger partial charge >= 0.3 is 5.97 Å². The minimum absolute atomic E-state index is 0.221. The topological polar surface area (TPSA) is 100 Å². The summed E-state index contributed by atoms with van der Waals surface area (Å²) >= 11 is 0. The second kappa shape index (κ2) is 4.55. The Morgan fingerprint density at radius 1 is 1.50 bits per heavy atom. The summed E-state index contributed by atoms with van der Waals surface area (Å²) in [6.07, 6.45) is 2.11. The zero-order valence-electron chi connectivity index (χ0n) is 11.2. The van der Waals surface area contributed by atoms with E-state index in [-0.39, 0.29) is 24.2 Å². The Labute approximate surface area is 115 Å². The van der Waals surface area contributed by atoms with Gasteiger partial charge in [0.05, 0.1) is 17.7 Å². The summed E-state index contributed by atoms with van der Waals surface area (Å²) < 4.78 is 1.69. The van der Waals surface area contributed by atoms with E-state index in [2.05, 4.69) is 15.6 Å². The molecule has 1 aromatic heterocycles. The van der Waals surface area contributed by atoms with E-state index in [9.17, 15) is 14.7 Å². The lowest BCUT2D eigenvalue weighted by Gasteiger charge is -2.26. The third-order valence-electron chi connectivity index (χ3n) is 4.14. The summed E-state index contributed by atoms with van der Waals surface area (Å²) in [5.74, 6) is -1.11. The number of amides is 1. The molecule has 8 heteroatoms. The molecule has 2 aliphatic heterocycles. The van der Waals surface area contributed by atoms with Gasteiger partial charge in [-0.1, -0.05) is 5.21 Å². The van der Waals surface area contributed by atoms with Crippen LogP contribution in [0.2, 0.25) is 0 Å². The fraction of sp³-hybridized carbons (Fsp3) is 0.667. The van der Waals surface area contributed by atoms with Crippen molar-refractivity contribution in [2.45, 2.75) is 19.4 Å². The molecule has 1 amide bonds. The summed E-state index contributed by atoms with van der Waals surface area (Å²) in [7, 11) is 0. The predicted octanol–water partition coefficient (Wildman–Crippen LogP) is -0.641. The van der Waals surface area contributed by atoms with Crippen LogP contribution in [0, 0.1) is 5.41 Å². The monoisotopic (exact) mass is 279 g/mol. The predicted molar refractivity (Wildman–Crippen MR) is 68.2 cm³/mol. The zero-order valence-corrected chi connectivity index (χ0v) is 11.2. The SMILES string of the molecule is CC1(C(=O)O)CCN(C(=O)c2cn(C3CNC3)nn2)C1. The van der Waals surface area contributed by atoms with Crippen LogP contribution in [0.15, 0.2) is 6.20 Å². The van der Waals surface area contributed by atoms with Crippen molar-refractivity contribution < 1.29 is 14.7 Å². The number of likely N-dealkylation sites (tertiary alicyclic amines) is 1. The first-order valence-electron chi connectivity index (χ1n) is 6.65. The maximum atomic E-state index is 12.3. The molecule has 0 aliphatic carbocycles. The number of carbonyl (C=O) groups excluding carboxylic acids is 1. The van der Waals surface area contributed by atoms with E-state index in [1.54, 1.807) is 22.7 Å². The highest BCUT2D eigenvalue weighted by molar-refractivity contribution is 5.92. The molecule has 2 fully saturated rings. The molecular formula is C12H17N5O3. The minimum atomic E-state index is -0.864. The molecule has 3 rings (SSSR count). The van der Waals surface area contributed by atoms with Gasteiger partial charge in [-0.3, -0.25) is 9.59 Å². The van der Waals surface area contributed by atoms with Gasteiger partial charge in [0, 0.05) is 26.2 Å². The molecule has 3 heterocycles. The fourth-order valence-electron chi connectivity index (χ4n) is 2.48. The third kappa shape index (κ3) is 2.05. The quantitative estimate of drug-likeness (QED) is 0.763. The molecule has 0 aromatic carbocycles. The van der Waals surface area contributed by atoms with E-state index in [0.29, 0.717) is 13.0 Å². The third-order valence-corrected chi connectivity index (χ3v) is 4.14. The molecule has 0 saturated carbocycles. The Balaban J connectivity index is 1.70. The number of hydrogen-bond donors (Lipinski definition) is 2. The van der Waals surface area contributed by atoms with Crippen LogP contribution in [0.3, 0.4) is 0 Å². The summed E-state index contributed by atoms with van der Waals surface area (Å²) in [6, 6.07) is 0.256. The molecule has 1 aromatic rings. The lowest BCUT2D eigenvalue weighted by Crippen LogP contribution is -2.43. The first kappa shape index (κ1) is 13.0. The first-order chi connectivity index (χ1) is 9.49. The van der Waals surface area contributed by atoms with Crippen LogP contribution in [0.5, 0.6) is 0 Å². The molecule has 8 nitrogen and oxygen atoms in total. The lowest BCUT2D eigenvalue weighted by atomic mass is 9.90. The van der Waals surface area contributed by atoms with Gasteiger partial charge in [0.1, 0.15) is 0 Å². The van der Waals surface area contributed by atoms with Gasteiger partial charge < -0.3 is 15.3 Å². The number of carbonyl (C=O) groups is 2. The molecule has 0 bridgehead atoms. The molecule has 0 spiro atoms. The molecule has 1 atom stereocenters. The number of aliphatic carboxylic acids is 1. The normalized spacial score (nSPS) is 26.6. The van der Waals surface area contributed by atoms with Crippen molar-refractivity contribution in [2.75, 3.05) is 26.2 Å². The average Bonchev–Trinajstić information content (AvgIpc) is 2.94. The van der Waals surface area contributed by atoms with Crippen LogP contribution in [0.1, 0.15) is 29.9 Å². The number of nitrogens with zero attached hydrogens (tertiary/aromatic N) is 4.